The van der Waals surface area contributed by atoms with Crippen LogP contribution in [0.4, 0.5) is 5.69 Å². The SMILES string of the molecule is CC1C(=O)NC2=Nc3ccc(OCCCCCCC(=O)N(CC(=O)O)C4CCCCC4)c(Cl)c3CN21. The normalized spacial score (nSPS) is 19.3. The lowest BCUT2D eigenvalue weighted by Crippen LogP contribution is -2.44. The lowest BCUT2D eigenvalue weighted by molar-refractivity contribution is -0.146. The summed E-state index contributed by atoms with van der Waals surface area (Å²) in [6, 6.07) is 3.45. The molecule has 1 saturated carbocycles. The first-order chi connectivity index (χ1) is 17.3. The van der Waals surface area contributed by atoms with Gasteiger partial charge in [0.15, 0.2) is 0 Å². The third-order valence-corrected chi connectivity index (χ3v) is 7.69. The van der Waals surface area contributed by atoms with Crippen LogP contribution >= 0.6 is 11.6 Å². The molecule has 1 aromatic carbocycles. The molecule has 9 nitrogen and oxygen atoms in total. The average molecular weight is 519 g/mol. The highest BCUT2D eigenvalue weighted by atomic mass is 35.5. The van der Waals surface area contributed by atoms with Gasteiger partial charge in [-0.25, -0.2) is 4.99 Å². The summed E-state index contributed by atoms with van der Waals surface area (Å²) in [6.07, 6.45) is 8.83. The van der Waals surface area contributed by atoms with Crippen LogP contribution in [0.2, 0.25) is 5.02 Å². The van der Waals surface area contributed by atoms with E-state index in [-0.39, 0.29) is 30.4 Å². The van der Waals surface area contributed by atoms with Gasteiger partial charge in [-0.2, -0.15) is 0 Å². The van der Waals surface area contributed by atoms with Crippen LogP contribution < -0.4 is 10.1 Å². The number of carboxylic acids is 1. The molecular weight excluding hydrogens is 484 g/mol. The molecule has 10 heteroatoms. The van der Waals surface area contributed by atoms with Crippen LogP contribution in [0.25, 0.3) is 0 Å². The van der Waals surface area contributed by atoms with E-state index in [2.05, 4.69) is 10.3 Å². The van der Waals surface area contributed by atoms with Crippen molar-refractivity contribution < 1.29 is 24.2 Å². The van der Waals surface area contributed by atoms with Gasteiger partial charge in [-0.05, 0) is 44.7 Å². The molecule has 1 aromatic rings. The molecule has 2 fully saturated rings. The summed E-state index contributed by atoms with van der Waals surface area (Å²) < 4.78 is 5.93. The Morgan fingerprint density at radius 1 is 1.19 bits per heavy atom. The molecule has 2 heterocycles. The molecule has 0 bridgehead atoms. The van der Waals surface area contributed by atoms with Gasteiger partial charge in [-0.1, -0.05) is 43.7 Å². The largest absolute Gasteiger partial charge is 0.492 e. The van der Waals surface area contributed by atoms with E-state index in [0.29, 0.717) is 36.3 Å². The van der Waals surface area contributed by atoms with Crippen molar-refractivity contribution in [3.63, 3.8) is 0 Å². The topological polar surface area (TPSA) is 112 Å². The summed E-state index contributed by atoms with van der Waals surface area (Å²) in [5, 5.41) is 12.5. The highest BCUT2D eigenvalue weighted by molar-refractivity contribution is 6.33. The molecule has 0 radical (unpaired) electrons. The Hall–Kier alpha value is -2.81. The van der Waals surface area contributed by atoms with Crippen LogP contribution in [-0.4, -0.2) is 63.9 Å². The second-order valence-electron chi connectivity index (χ2n) is 9.82. The molecule has 0 aromatic heterocycles. The van der Waals surface area contributed by atoms with Crippen LogP contribution in [-0.2, 0) is 20.9 Å². The minimum Gasteiger partial charge on any atom is -0.492 e. The fourth-order valence-corrected chi connectivity index (χ4v) is 5.45. The number of hydrogen-bond donors (Lipinski definition) is 2. The molecule has 36 heavy (non-hydrogen) atoms. The second-order valence-corrected chi connectivity index (χ2v) is 10.2. The van der Waals surface area contributed by atoms with E-state index >= 15 is 0 Å². The standard InChI is InChI=1S/C26H35ClN4O5/c1-17-25(35)29-26-28-20-12-13-21(24(27)19(20)15-30(17)26)36-14-8-3-2-7-11-22(32)31(16-23(33)34)18-9-5-4-6-10-18/h12-13,17-18H,2-11,14-16H2,1H3,(H,33,34)(H,28,29,35). The van der Waals surface area contributed by atoms with Crippen molar-refractivity contribution in [2.45, 2.75) is 89.8 Å². The summed E-state index contributed by atoms with van der Waals surface area (Å²) in [4.78, 5) is 43.9. The third-order valence-electron chi connectivity index (χ3n) is 7.28. The molecule has 2 aliphatic heterocycles. The van der Waals surface area contributed by atoms with Crippen molar-refractivity contribution in [1.82, 2.24) is 15.1 Å². The lowest BCUT2D eigenvalue weighted by Gasteiger charge is -2.33. The zero-order chi connectivity index (χ0) is 25.7. The van der Waals surface area contributed by atoms with Crippen molar-refractivity contribution in [2.24, 2.45) is 4.99 Å². The minimum absolute atomic E-state index is 0.0450. The Labute approximate surface area is 216 Å². The van der Waals surface area contributed by atoms with Crippen molar-refractivity contribution in [3.05, 3.63) is 22.7 Å². The number of hydrogen-bond acceptors (Lipinski definition) is 6. The number of carboxylic acid groups (broad SMARTS) is 1. The maximum atomic E-state index is 12.7. The molecular formula is C26H35ClN4O5. The number of aliphatic carboxylic acids is 1. The Bertz CT molecular complexity index is 1020. The molecule has 3 aliphatic rings. The minimum atomic E-state index is -0.945. The molecule has 196 valence electrons. The van der Waals surface area contributed by atoms with E-state index in [9.17, 15) is 19.5 Å². The molecule has 1 unspecified atom stereocenters. The van der Waals surface area contributed by atoms with Crippen LogP contribution in [0.15, 0.2) is 17.1 Å². The lowest BCUT2D eigenvalue weighted by atomic mass is 9.93. The number of carbonyl (C=O) groups is 3. The zero-order valence-electron chi connectivity index (χ0n) is 20.8. The third kappa shape index (κ3) is 6.11. The fourth-order valence-electron chi connectivity index (χ4n) is 5.17. The Balaban J connectivity index is 1.19. The summed E-state index contributed by atoms with van der Waals surface area (Å²) in [5.41, 5.74) is 1.59. The summed E-state index contributed by atoms with van der Waals surface area (Å²) in [7, 11) is 0. The van der Waals surface area contributed by atoms with E-state index in [4.69, 9.17) is 16.3 Å². The van der Waals surface area contributed by atoms with Gasteiger partial charge in [0.05, 0.1) is 23.9 Å². The van der Waals surface area contributed by atoms with E-state index < -0.39 is 5.97 Å². The van der Waals surface area contributed by atoms with E-state index in [0.717, 1.165) is 69.0 Å². The van der Waals surface area contributed by atoms with Gasteiger partial charge in [0, 0.05) is 18.0 Å². The maximum Gasteiger partial charge on any atom is 0.323 e. The first-order valence-corrected chi connectivity index (χ1v) is 13.3. The number of halogens is 1. The molecule has 2 amide bonds. The highest BCUT2D eigenvalue weighted by Gasteiger charge is 2.37. The molecule has 1 saturated heterocycles. The number of guanidine groups is 1. The Kier molecular flexibility index (Phi) is 8.72. The summed E-state index contributed by atoms with van der Waals surface area (Å²) >= 11 is 6.62. The van der Waals surface area contributed by atoms with Gasteiger partial charge in [-0.15, -0.1) is 0 Å². The van der Waals surface area contributed by atoms with Gasteiger partial charge in [0.1, 0.15) is 18.3 Å². The van der Waals surface area contributed by atoms with Crippen LogP contribution in [0.5, 0.6) is 5.75 Å². The van der Waals surface area contributed by atoms with Crippen molar-refractivity contribution >= 4 is 41.0 Å². The van der Waals surface area contributed by atoms with Gasteiger partial charge in [0.2, 0.25) is 17.8 Å². The predicted molar refractivity (Wildman–Crippen MR) is 136 cm³/mol. The van der Waals surface area contributed by atoms with Gasteiger partial charge in [-0.3, -0.25) is 19.7 Å². The van der Waals surface area contributed by atoms with Crippen molar-refractivity contribution in [2.75, 3.05) is 13.2 Å². The predicted octanol–water partition coefficient (Wildman–Crippen LogP) is 4.24. The number of carbonyl (C=O) groups excluding carboxylic acids is 2. The number of aliphatic imine (C=N–C) groups is 1. The Morgan fingerprint density at radius 3 is 2.69 bits per heavy atom. The van der Waals surface area contributed by atoms with Crippen LogP contribution in [0.3, 0.4) is 0 Å². The number of benzene rings is 1. The second kappa shape index (κ2) is 12.0. The number of amides is 2. The van der Waals surface area contributed by atoms with Crippen LogP contribution in [0, 0.1) is 0 Å². The van der Waals surface area contributed by atoms with Gasteiger partial charge >= 0.3 is 5.97 Å². The van der Waals surface area contributed by atoms with E-state index in [1.54, 1.807) is 4.90 Å². The summed E-state index contributed by atoms with van der Waals surface area (Å²) in [6.45, 7) is 2.64. The number of unbranched alkanes of at least 4 members (excludes halogenated alkanes) is 3. The smallest absolute Gasteiger partial charge is 0.323 e. The molecule has 2 N–H and O–H groups in total. The molecule has 1 aliphatic carbocycles. The number of nitrogens with zero attached hydrogens (tertiary/aromatic N) is 3. The van der Waals surface area contributed by atoms with Crippen LogP contribution in [0.1, 0.15) is 76.7 Å². The average Bonchev–Trinajstić information content (AvgIpc) is 3.14. The Morgan fingerprint density at radius 2 is 1.94 bits per heavy atom. The fraction of sp³-hybridized carbons (Fsp3) is 0.615. The van der Waals surface area contributed by atoms with Gasteiger partial charge in [0.25, 0.3) is 0 Å². The van der Waals surface area contributed by atoms with Crippen molar-refractivity contribution in [1.29, 1.82) is 0 Å². The molecule has 1 atom stereocenters. The number of rotatable bonds is 11. The molecule has 4 rings (SSSR count). The zero-order valence-corrected chi connectivity index (χ0v) is 21.6. The first-order valence-electron chi connectivity index (χ1n) is 13.0. The van der Waals surface area contributed by atoms with Gasteiger partial charge < -0.3 is 19.6 Å². The van der Waals surface area contributed by atoms with E-state index in [1.807, 2.05) is 24.0 Å². The monoisotopic (exact) mass is 518 g/mol. The first kappa shape index (κ1) is 26.3. The number of fused-ring (bicyclic) bond motifs is 2. The highest BCUT2D eigenvalue weighted by Crippen LogP contribution is 2.39. The quantitative estimate of drug-likeness (QED) is 0.424. The molecule has 0 spiro atoms. The summed E-state index contributed by atoms with van der Waals surface area (Å²) in [5.74, 6) is 0.107. The maximum absolute atomic E-state index is 12.7. The number of ether oxygens (including phenoxy) is 1. The van der Waals surface area contributed by atoms with Crippen molar-refractivity contribution in [3.8, 4) is 5.75 Å². The van der Waals surface area contributed by atoms with E-state index in [1.165, 1.54) is 0 Å². The number of nitrogens with one attached hydrogen (secondary N) is 1.